The van der Waals surface area contributed by atoms with Gasteiger partial charge in [0.15, 0.2) is 0 Å². The number of carbonyl (C=O) groups excluding carboxylic acids is 1. The molecule has 2 aromatic rings. The van der Waals surface area contributed by atoms with Crippen molar-refractivity contribution in [1.82, 2.24) is 14.9 Å². The Morgan fingerprint density at radius 1 is 1.36 bits per heavy atom. The van der Waals surface area contributed by atoms with Crippen molar-refractivity contribution in [3.63, 3.8) is 0 Å². The Hall–Kier alpha value is -2.21. The van der Waals surface area contributed by atoms with Crippen molar-refractivity contribution >= 4 is 16.9 Å². The number of quaternary nitrogens is 1. The number of aryl methyl sites for hydroxylation is 1. The van der Waals surface area contributed by atoms with Gasteiger partial charge in [-0.2, -0.15) is 0 Å². The van der Waals surface area contributed by atoms with Gasteiger partial charge >= 0.3 is 0 Å². The lowest BCUT2D eigenvalue weighted by Crippen LogP contribution is -3.11. The van der Waals surface area contributed by atoms with Crippen LogP contribution < -0.4 is 15.8 Å². The van der Waals surface area contributed by atoms with Crippen LogP contribution in [0.15, 0.2) is 29.2 Å². The van der Waals surface area contributed by atoms with Crippen LogP contribution in [0.25, 0.3) is 11.0 Å². The number of hydrogen-bond donors (Lipinski definition) is 2. The molecule has 0 unspecified atom stereocenters. The van der Waals surface area contributed by atoms with Crippen molar-refractivity contribution in [2.45, 2.75) is 39.7 Å². The molecule has 2 heterocycles. The average molecular weight is 345 g/mol. The van der Waals surface area contributed by atoms with Crippen LogP contribution in [0.5, 0.6) is 0 Å². The highest BCUT2D eigenvalue weighted by Crippen LogP contribution is 2.10. The monoisotopic (exact) mass is 345 g/mol. The molecule has 136 valence electrons. The summed E-state index contributed by atoms with van der Waals surface area (Å²) in [5.41, 5.74) is 0.437. The van der Waals surface area contributed by atoms with Crippen LogP contribution in [0.1, 0.15) is 44.0 Å². The Morgan fingerprint density at radius 3 is 2.76 bits per heavy atom. The van der Waals surface area contributed by atoms with Crippen molar-refractivity contribution in [1.29, 1.82) is 0 Å². The van der Waals surface area contributed by atoms with Gasteiger partial charge in [0.2, 0.25) is 0 Å². The molecule has 0 aromatic carbocycles. The van der Waals surface area contributed by atoms with Crippen LogP contribution in [0.2, 0.25) is 0 Å². The van der Waals surface area contributed by atoms with E-state index in [4.69, 9.17) is 0 Å². The molecule has 6 heteroatoms. The lowest BCUT2D eigenvalue weighted by Gasteiger charge is -2.18. The summed E-state index contributed by atoms with van der Waals surface area (Å²) >= 11 is 0. The summed E-state index contributed by atoms with van der Waals surface area (Å²) in [7, 11) is 1.64. The van der Waals surface area contributed by atoms with E-state index in [0.29, 0.717) is 5.65 Å². The number of nitrogens with one attached hydrogen (secondary N) is 2. The van der Waals surface area contributed by atoms with Crippen molar-refractivity contribution in [3.8, 4) is 0 Å². The Labute approximate surface area is 148 Å². The molecule has 0 aliphatic carbocycles. The molecular formula is C19H29N4O2+. The van der Waals surface area contributed by atoms with Crippen LogP contribution in [0.4, 0.5) is 0 Å². The first-order valence-electron chi connectivity index (χ1n) is 9.07. The van der Waals surface area contributed by atoms with Gasteiger partial charge in [-0.25, -0.2) is 4.98 Å². The van der Waals surface area contributed by atoms with Gasteiger partial charge in [0.05, 0.1) is 19.6 Å². The summed E-state index contributed by atoms with van der Waals surface area (Å²) in [6, 6.07) is 5.32. The third-order valence-electron chi connectivity index (χ3n) is 4.76. The quantitative estimate of drug-likeness (QED) is 0.742. The molecule has 25 heavy (non-hydrogen) atoms. The lowest BCUT2D eigenvalue weighted by atomic mass is 10.1. The van der Waals surface area contributed by atoms with Crippen LogP contribution in [-0.2, 0) is 7.05 Å². The van der Waals surface area contributed by atoms with E-state index in [2.05, 4.69) is 24.1 Å². The number of nitrogens with zero attached hydrogens (tertiary/aromatic N) is 2. The van der Waals surface area contributed by atoms with E-state index in [1.165, 1.54) is 4.57 Å². The first-order valence-corrected chi connectivity index (χ1v) is 9.07. The molecule has 0 aliphatic heterocycles. The zero-order valence-electron chi connectivity index (χ0n) is 15.6. The van der Waals surface area contributed by atoms with Gasteiger partial charge in [0.25, 0.3) is 11.5 Å². The maximum atomic E-state index is 12.5. The molecule has 0 saturated heterocycles. The maximum absolute atomic E-state index is 12.5. The number of aromatic nitrogens is 2. The minimum Gasteiger partial charge on any atom is -0.349 e. The fourth-order valence-corrected chi connectivity index (χ4v) is 3.09. The summed E-state index contributed by atoms with van der Waals surface area (Å²) in [5, 5.41) is 3.74. The van der Waals surface area contributed by atoms with Gasteiger partial charge in [0.1, 0.15) is 11.2 Å². The SMILES string of the molecule is CC[NH+](CC)CCC[C@@H](C)NC(=O)c1cc2cccnc2n(C)c1=O. The van der Waals surface area contributed by atoms with E-state index < -0.39 is 0 Å². The molecule has 0 bridgehead atoms. The molecule has 1 atom stereocenters. The fourth-order valence-electron chi connectivity index (χ4n) is 3.09. The topological polar surface area (TPSA) is 68.4 Å². The van der Waals surface area contributed by atoms with Gasteiger partial charge in [-0.05, 0) is 51.8 Å². The molecule has 0 spiro atoms. The van der Waals surface area contributed by atoms with E-state index in [9.17, 15) is 9.59 Å². The maximum Gasteiger partial charge on any atom is 0.264 e. The van der Waals surface area contributed by atoms with E-state index in [1.807, 2.05) is 13.0 Å². The number of pyridine rings is 2. The van der Waals surface area contributed by atoms with Crippen molar-refractivity contribution in [2.24, 2.45) is 7.05 Å². The highest BCUT2D eigenvalue weighted by molar-refractivity contribution is 5.97. The third kappa shape index (κ3) is 4.66. The highest BCUT2D eigenvalue weighted by Gasteiger charge is 2.16. The Kier molecular flexibility index (Phi) is 6.70. The molecule has 0 fully saturated rings. The molecule has 1 amide bonds. The van der Waals surface area contributed by atoms with E-state index >= 15 is 0 Å². The van der Waals surface area contributed by atoms with E-state index in [-0.39, 0.29) is 23.1 Å². The van der Waals surface area contributed by atoms with Gasteiger partial charge in [0, 0.05) is 24.7 Å². The summed E-state index contributed by atoms with van der Waals surface area (Å²) in [4.78, 5) is 30.7. The Bertz CT molecular complexity index is 781. The normalized spacial score (nSPS) is 12.5. The molecule has 0 saturated carbocycles. The zero-order valence-corrected chi connectivity index (χ0v) is 15.6. The van der Waals surface area contributed by atoms with Gasteiger partial charge < -0.3 is 10.2 Å². The predicted molar refractivity (Wildman–Crippen MR) is 100 cm³/mol. The summed E-state index contributed by atoms with van der Waals surface area (Å²) in [6.07, 6.45) is 3.60. The minimum atomic E-state index is -0.316. The first-order chi connectivity index (χ1) is 12.0. The van der Waals surface area contributed by atoms with Gasteiger partial charge in [-0.3, -0.25) is 14.2 Å². The molecule has 2 aromatic heterocycles. The summed E-state index contributed by atoms with van der Waals surface area (Å²) in [6.45, 7) is 9.72. The molecule has 6 nitrogen and oxygen atoms in total. The summed E-state index contributed by atoms with van der Waals surface area (Å²) < 4.78 is 1.43. The van der Waals surface area contributed by atoms with Crippen LogP contribution in [0.3, 0.4) is 0 Å². The Balaban J connectivity index is 2.04. The largest absolute Gasteiger partial charge is 0.349 e. The summed E-state index contributed by atoms with van der Waals surface area (Å²) in [5.74, 6) is -0.311. The molecule has 2 N–H and O–H groups in total. The zero-order chi connectivity index (χ0) is 18.4. The second-order valence-corrected chi connectivity index (χ2v) is 6.56. The van der Waals surface area contributed by atoms with Crippen LogP contribution in [-0.4, -0.2) is 41.1 Å². The number of carbonyl (C=O) groups is 1. The second kappa shape index (κ2) is 8.76. The number of hydrogen-bond acceptors (Lipinski definition) is 3. The smallest absolute Gasteiger partial charge is 0.264 e. The van der Waals surface area contributed by atoms with Crippen molar-refractivity contribution in [2.75, 3.05) is 19.6 Å². The van der Waals surface area contributed by atoms with Crippen molar-refractivity contribution in [3.05, 3.63) is 40.3 Å². The Morgan fingerprint density at radius 2 is 2.08 bits per heavy atom. The number of fused-ring (bicyclic) bond motifs is 1. The highest BCUT2D eigenvalue weighted by atomic mass is 16.2. The van der Waals surface area contributed by atoms with E-state index in [0.717, 1.165) is 37.9 Å². The third-order valence-corrected chi connectivity index (χ3v) is 4.76. The van der Waals surface area contributed by atoms with Crippen LogP contribution in [0, 0.1) is 0 Å². The van der Waals surface area contributed by atoms with E-state index in [1.54, 1.807) is 30.3 Å². The van der Waals surface area contributed by atoms with Gasteiger partial charge in [-0.15, -0.1) is 0 Å². The van der Waals surface area contributed by atoms with Gasteiger partial charge in [-0.1, -0.05) is 0 Å². The standard InChI is InChI=1S/C19H28N4O2/c1-5-23(6-2)12-8-9-14(3)21-18(24)16-13-15-10-7-11-20-17(15)22(4)19(16)25/h7,10-11,13-14H,5-6,8-9,12H2,1-4H3,(H,21,24)/p+1/t14-/m1/s1. The molecule has 2 rings (SSSR count). The molecule has 0 aliphatic rings. The lowest BCUT2D eigenvalue weighted by molar-refractivity contribution is -0.896. The first kappa shape index (κ1) is 19.1. The molecule has 0 radical (unpaired) electrons. The second-order valence-electron chi connectivity index (χ2n) is 6.56. The predicted octanol–water partition coefficient (Wildman–Crippen LogP) is 0.757. The minimum absolute atomic E-state index is 0.0387. The fraction of sp³-hybridized carbons (Fsp3) is 0.526. The molecular weight excluding hydrogens is 316 g/mol. The van der Waals surface area contributed by atoms with Crippen molar-refractivity contribution < 1.29 is 9.69 Å². The average Bonchev–Trinajstić information content (AvgIpc) is 2.61. The van der Waals surface area contributed by atoms with Crippen LogP contribution >= 0.6 is 0 Å². The number of amides is 1. The number of rotatable bonds is 8.